The molecule has 0 aliphatic rings. The minimum Gasteiger partial charge on any atom is -0.494 e. The summed E-state index contributed by atoms with van der Waals surface area (Å²) in [5.41, 5.74) is 1.11. The van der Waals surface area contributed by atoms with Crippen LogP contribution in [-0.2, 0) is 11.3 Å². The average molecular weight is 193 g/mol. The van der Waals surface area contributed by atoms with E-state index in [4.69, 9.17) is 9.47 Å². The Kier molecular flexibility index (Phi) is 5.08. The molecule has 14 heavy (non-hydrogen) atoms. The zero-order valence-electron chi connectivity index (χ0n) is 8.66. The van der Waals surface area contributed by atoms with Crippen LogP contribution < -0.4 is 4.74 Å². The van der Waals surface area contributed by atoms with E-state index in [0.29, 0.717) is 6.61 Å². The van der Waals surface area contributed by atoms with E-state index in [1.165, 1.54) is 0 Å². The Morgan fingerprint density at radius 2 is 1.93 bits per heavy atom. The van der Waals surface area contributed by atoms with E-state index >= 15 is 0 Å². The lowest BCUT2D eigenvalue weighted by Gasteiger charge is -2.05. The molecule has 0 saturated heterocycles. The van der Waals surface area contributed by atoms with Gasteiger partial charge >= 0.3 is 0 Å². The normalized spacial score (nSPS) is 10.1. The van der Waals surface area contributed by atoms with Crippen LogP contribution in [0.1, 0.15) is 25.3 Å². The quantitative estimate of drug-likeness (QED) is 0.646. The molecule has 0 aromatic heterocycles. The van der Waals surface area contributed by atoms with E-state index in [0.717, 1.165) is 30.8 Å². The van der Waals surface area contributed by atoms with Crippen molar-refractivity contribution in [2.75, 3.05) is 6.61 Å². The summed E-state index contributed by atoms with van der Waals surface area (Å²) >= 11 is 0. The summed E-state index contributed by atoms with van der Waals surface area (Å²) in [6, 6.07) is 7.91. The van der Waals surface area contributed by atoms with Gasteiger partial charge in [0.15, 0.2) is 0 Å². The Hall–Kier alpha value is -1.02. The molecule has 0 atom stereocenters. The molecule has 1 aromatic carbocycles. The summed E-state index contributed by atoms with van der Waals surface area (Å²) in [6.07, 6.45) is 2.26. The molecule has 2 heteroatoms. The fourth-order valence-corrected chi connectivity index (χ4v) is 1.13. The third-order valence-corrected chi connectivity index (χ3v) is 1.96. The van der Waals surface area contributed by atoms with Crippen molar-refractivity contribution in [3.8, 4) is 5.75 Å². The van der Waals surface area contributed by atoms with Gasteiger partial charge in [0.25, 0.3) is 0 Å². The van der Waals surface area contributed by atoms with Crippen molar-refractivity contribution < 1.29 is 9.47 Å². The number of hydrogen-bond acceptors (Lipinski definition) is 2. The lowest BCUT2D eigenvalue weighted by molar-refractivity contribution is 0.228. The molecule has 0 fully saturated rings. The van der Waals surface area contributed by atoms with Crippen LogP contribution in [0.5, 0.6) is 5.75 Å². The molecule has 77 valence electrons. The topological polar surface area (TPSA) is 18.5 Å². The van der Waals surface area contributed by atoms with Crippen molar-refractivity contribution in [1.82, 2.24) is 0 Å². The zero-order valence-corrected chi connectivity index (χ0v) is 8.66. The minimum absolute atomic E-state index is 0.551. The summed E-state index contributed by atoms with van der Waals surface area (Å²) in [5.74, 6) is 0.922. The molecule has 0 amide bonds. The van der Waals surface area contributed by atoms with Gasteiger partial charge in [-0.25, -0.2) is 0 Å². The van der Waals surface area contributed by atoms with Crippen molar-refractivity contribution in [1.29, 1.82) is 0 Å². The molecular weight excluding hydrogens is 176 g/mol. The van der Waals surface area contributed by atoms with Gasteiger partial charge in [0, 0.05) is 0 Å². The fraction of sp³-hybridized carbons (Fsp3) is 0.417. The van der Waals surface area contributed by atoms with Gasteiger partial charge < -0.3 is 9.47 Å². The standard InChI is InChI=1S/C12H17O2/c1-3-4-9-14-12-7-5-11(6-8-12)10-13-2/h5-8H,2-4,9-10H2,1H3. The SMILES string of the molecule is [CH2]OCc1ccc(OCCCC)cc1. The number of rotatable bonds is 6. The van der Waals surface area contributed by atoms with Crippen LogP contribution in [0, 0.1) is 7.11 Å². The maximum absolute atomic E-state index is 5.52. The minimum atomic E-state index is 0.551. The molecule has 0 bridgehead atoms. The predicted octanol–water partition coefficient (Wildman–Crippen LogP) is 3.17. The van der Waals surface area contributed by atoms with Crippen molar-refractivity contribution in [3.05, 3.63) is 36.9 Å². The van der Waals surface area contributed by atoms with Gasteiger partial charge in [-0.05, 0) is 24.1 Å². The van der Waals surface area contributed by atoms with E-state index < -0.39 is 0 Å². The first-order valence-electron chi connectivity index (χ1n) is 4.95. The highest BCUT2D eigenvalue weighted by molar-refractivity contribution is 5.26. The van der Waals surface area contributed by atoms with E-state index in [1.54, 1.807) is 0 Å². The van der Waals surface area contributed by atoms with E-state index in [9.17, 15) is 0 Å². The molecule has 2 nitrogen and oxygen atoms in total. The second-order valence-corrected chi connectivity index (χ2v) is 3.19. The Labute approximate surface area is 85.8 Å². The first-order valence-corrected chi connectivity index (χ1v) is 4.95. The summed E-state index contributed by atoms with van der Waals surface area (Å²) in [4.78, 5) is 0. The van der Waals surface area contributed by atoms with Crippen LogP contribution in [0.15, 0.2) is 24.3 Å². The van der Waals surface area contributed by atoms with Crippen LogP contribution in [0.3, 0.4) is 0 Å². The number of hydrogen-bond donors (Lipinski definition) is 0. The van der Waals surface area contributed by atoms with Crippen LogP contribution in [-0.4, -0.2) is 6.61 Å². The fourth-order valence-electron chi connectivity index (χ4n) is 1.13. The first-order chi connectivity index (χ1) is 6.86. The second kappa shape index (κ2) is 6.44. The molecule has 0 aliphatic heterocycles. The van der Waals surface area contributed by atoms with Gasteiger partial charge in [0.2, 0.25) is 0 Å². The Bertz CT molecular complexity index is 241. The summed E-state index contributed by atoms with van der Waals surface area (Å²) in [7, 11) is 3.33. The molecule has 0 saturated carbocycles. The van der Waals surface area contributed by atoms with E-state index in [2.05, 4.69) is 14.0 Å². The van der Waals surface area contributed by atoms with Crippen molar-refractivity contribution >= 4 is 0 Å². The average Bonchev–Trinajstić information content (AvgIpc) is 2.21. The Morgan fingerprint density at radius 3 is 2.50 bits per heavy atom. The van der Waals surface area contributed by atoms with Crippen molar-refractivity contribution in [2.24, 2.45) is 0 Å². The largest absolute Gasteiger partial charge is 0.494 e. The van der Waals surface area contributed by atoms with Crippen LogP contribution in [0.2, 0.25) is 0 Å². The molecule has 1 rings (SSSR count). The molecule has 0 heterocycles. The van der Waals surface area contributed by atoms with Gasteiger partial charge in [-0.1, -0.05) is 25.5 Å². The zero-order chi connectivity index (χ0) is 10.2. The molecule has 1 aromatic rings. The van der Waals surface area contributed by atoms with Gasteiger partial charge in [-0.3, -0.25) is 0 Å². The maximum Gasteiger partial charge on any atom is 0.119 e. The van der Waals surface area contributed by atoms with Crippen LogP contribution in [0.4, 0.5) is 0 Å². The highest BCUT2D eigenvalue weighted by Gasteiger charge is 1.94. The van der Waals surface area contributed by atoms with Crippen LogP contribution >= 0.6 is 0 Å². The summed E-state index contributed by atoms with van der Waals surface area (Å²) in [6.45, 7) is 3.50. The van der Waals surface area contributed by atoms with Gasteiger partial charge in [-0.15, -0.1) is 0 Å². The lowest BCUT2D eigenvalue weighted by Crippen LogP contribution is -1.96. The van der Waals surface area contributed by atoms with E-state index in [1.807, 2.05) is 24.3 Å². The molecule has 0 aliphatic carbocycles. The molecule has 1 radical (unpaired) electrons. The maximum atomic E-state index is 5.52. The summed E-state index contributed by atoms with van der Waals surface area (Å²) in [5, 5.41) is 0. The van der Waals surface area contributed by atoms with Gasteiger partial charge in [0.1, 0.15) is 5.75 Å². The molecular formula is C12H17O2. The third kappa shape index (κ3) is 3.79. The molecule has 0 unspecified atom stereocenters. The van der Waals surface area contributed by atoms with E-state index in [-0.39, 0.29) is 0 Å². The Balaban J connectivity index is 2.38. The second-order valence-electron chi connectivity index (χ2n) is 3.19. The van der Waals surface area contributed by atoms with Gasteiger partial charge in [0.05, 0.1) is 20.3 Å². The van der Waals surface area contributed by atoms with Crippen LogP contribution in [0.25, 0.3) is 0 Å². The number of ether oxygens (including phenoxy) is 2. The predicted molar refractivity (Wildman–Crippen MR) is 57.0 cm³/mol. The van der Waals surface area contributed by atoms with Crippen molar-refractivity contribution in [3.63, 3.8) is 0 Å². The third-order valence-electron chi connectivity index (χ3n) is 1.96. The lowest BCUT2D eigenvalue weighted by atomic mass is 10.2. The number of unbranched alkanes of at least 4 members (excludes halogenated alkanes) is 1. The smallest absolute Gasteiger partial charge is 0.119 e. The van der Waals surface area contributed by atoms with Gasteiger partial charge in [-0.2, -0.15) is 0 Å². The van der Waals surface area contributed by atoms with Crippen molar-refractivity contribution in [2.45, 2.75) is 26.4 Å². The highest BCUT2D eigenvalue weighted by atomic mass is 16.5. The first kappa shape index (κ1) is 11.1. The summed E-state index contributed by atoms with van der Waals surface area (Å²) < 4.78 is 10.3. The molecule has 0 N–H and O–H groups in total. The molecule has 0 spiro atoms. The number of benzene rings is 1. The highest BCUT2D eigenvalue weighted by Crippen LogP contribution is 2.13. The monoisotopic (exact) mass is 193 g/mol. The Morgan fingerprint density at radius 1 is 1.21 bits per heavy atom.